The molecule has 4 aromatic carbocycles. The number of fused-ring (bicyclic) bond motifs is 3. The van der Waals surface area contributed by atoms with Gasteiger partial charge in [0.15, 0.2) is 0 Å². The number of benzene rings is 4. The highest BCUT2D eigenvalue weighted by Gasteiger charge is 2.20. The molecule has 0 aliphatic carbocycles. The molecule has 0 spiro atoms. The zero-order chi connectivity index (χ0) is 28.3. The van der Waals surface area contributed by atoms with Crippen LogP contribution in [0.1, 0.15) is 23.6 Å². The van der Waals surface area contributed by atoms with Crippen LogP contribution >= 0.6 is 0 Å². The summed E-state index contributed by atoms with van der Waals surface area (Å²) in [5.74, 6) is 0. The molecule has 0 unspecified atom stereocenters. The van der Waals surface area contributed by atoms with Crippen molar-refractivity contribution in [2.24, 2.45) is 5.73 Å². The Bertz CT molecular complexity index is 1960. The summed E-state index contributed by atoms with van der Waals surface area (Å²) in [6, 6.07) is 33.9. The lowest BCUT2D eigenvalue weighted by molar-refractivity contribution is 1.18. The second-order valence-corrected chi connectivity index (χ2v) is 9.87. The molecule has 6 aromatic rings. The van der Waals surface area contributed by atoms with E-state index in [9.17, 15) is 0 Å². The molecule has 41 heavy (non-hydrogen) atoms. The Balaban J connectivity index is 1.67. The smallest absolute Gasteiger partial charge is 0.0701 e. The van der Waals surface area contributed by atoms with Crippen LogP contribution in [0.15, 0.2) is 135 Å². The normalized spacial score (nSPS) is 11.9. The molecule has 2 N–H and O–H groups in total. The SMILES string of the molecule is C=Cc1c(-c2ccc(-c3ccccn3)cc2)cc2c(c1C=C)c1ccc(C(/C=C\C)=C/N)cc1n2-c1ccccc1. The van der Waals surface area contributed by atoms with Crippen molar-refractivity contribution in [1.82, 2.24) is 9.55 Å². The average Bonchev–Trinajstić information content (AvgIpc) is 3.36. The van der Waals surface area contributed by atoms with Crippen molar-refractivity contribution in [1.29, 1.82) is 0 Å². The van der Waals surface area contributed by atoms with E-state index >= 15 is 0 Å². The Labute approximate surface area is 240 Å². The topological polar surface area (TPSA) is 43.8 Å². The van der Waals surface area contributed by atoms with E-state index in [-0.39, 0.29) is 0 Å². The average molecular weight is 530 g/mol. The van der Waals surface area contributed by atoms with Gasteiger partial charge in [-0.1, -0.05) is 98.1 Å². The van der Waals surface area contributed by atoms with Crippen LogP contribution in [-0.4, -0.2) is 9.55 Å². The lowest BCUT2D eigenvalue weighted by atomic mass is 9.91. The van der Waals surface area contributed by atoms with Gasteiger partial charge in [0.1, 0.15) is 0 Å². The van der Waals surface area contributed by atoms with Crippen molar-refractivity contribution in [2.45, 2.75) is 6.92 Å². The Morgan fingerprint density at radius 3 is 2.17 bits per heavy atom. The summed E-state index contributed by atoms with van der Waals surface area (Å²) >= 11 is 0. The van der Waals surface area contributed by atoms with Crippen LogP contribution in [0.25, 0.3) is 67.6 Å². The maximum Gasteiger partial charge on any atom is 0.0701 e. The molecule has 2 heterocycles. The minimum atomic E-state index is 0.953. The molecule has 0 fully saturated rings. The Hall–Kier alpha value is -5.41. The molecular weight excluding hydrogens is 498 g/mol. The Morgan fingerprint density at radius 2 is 1.51 bits per heavy atom. The number of nitrogens with zero attached hydrogens (tertiary/aromatic N) is 2. The maximum atomic E-state index is 6.03. The first-order chi connectivity index (χ1) is 20.2. The first kappa shape index (κ1) is 25.8. The molecule has 0 saturated heterocycles. The van der Waals surface area contributed by atoms with E-state index in [1.54, 1.807) is 6.20 Å². The molecule has 0 amide bonds. The van der Waals surface area contributed by atoms with Gasteiger partial charge in [-0.25, -0.2) is 0 Å². The molecule has 0 bridgehead atoms. The summed E-state index contributed by atoms with van der Waals surface area (Å²) in [7, 11) is 0. The number of para-hydroxylation sites is 1. The van der Waals surface area contributed by atoms with Gasteiger partial charge in [0.05, 0.1) is 16.7 Å². The van der Waals surface area contributed by atoms with Crippen molar-refractivity contribution < 1.29 is 0 Å². The summed E-state index contributed by atoms with van der Waals surface area (Å²) < 4.78 is 2.34. The number of rotatable bonds is 7. The van der Waals surface area contributed by atoms with Crippen molar-refractivity contribution in [3.8, 4) is 28.1 Å². The van der Waals surface area contributed by atoms with E-state index in [0.29, 0.717) is 0 Å². The van der Waals surface area contributed by atoms with Gasteiger partial charge >= 0.3 is 0 Å². The zero-order valence-electron chi connectivity index (χ0n) is 23.1. The van der Waals surface area contributed by atoms with Crippen molar-refractivity contribution in [3.05, 3.63) is 151 Å². The van der Waals surface area contributed by atoms with Gasteiger partial charge in [0.25, 0.3) is 0 Å². The monoisotopic (exact) mass is 529 g/mol. The largest absolute Gasteiger partial charge is 0.404 e. The van der Waals surface area contributed by atoms with Gasteiger partial charge in [0, 0.05) is 34.4 Å². The van der Waals surface area contributed by atoms with Crippen molar-refractivity contribution >= 4 is 39.5 Å². The molecule has 0 radical (unpaired) electrons. The van der Waals surface area contributed by atoms with Crippen LogP contribution in [0, 0.1) is 0 Å². The highest BCUT2D eigenvalue weighted by molar-refractivity contribution is 6.16. The fourth-order valence-corrected chi connectivity index (χ4v) is 5.71. The first-order valence-corrected chi connectivity index (χ1v) is 13.7. The maximum absolute atomic E-state index is 6.03. The van der Waals surface area contributed by atoms with Crippen LogP contribution < -0.4 is 5.73 Å². The lowest BCUT2D eigenvalue weighted by Gasteiger charge is -2.15. The number of aromatic nitrogens is 2. The predicted molar refractivity (Wildman–Crippen MR) is 177 cm³/mol. The standard InChI is InChI=1S/C38H31N3/c1-4-12-29(25-39)28-20-21-33-36(23-28)41(30-13-8-7-9-14-30)37-24-34(31(5-2)32(6-3)38(33)37)26-16-18-27(19-17-26)35-15-10-11-22-40-35/h4-25H,2-3,39H2,1H3/b12-4-,29-25+. The van der Waals surface area contributed by atoms with Gasteiger partial charge in [-0.05, 0) is 76.7 Å². The van der Waals surface area contributed by atoms with Crippen LogP contribution in [0.5, 0.6) is 0 Å². The molecule has 6 rings (SSSR count). The van der Waals surface area contributed by atoms with E-state index in [1.807, 2.05) is 61.7 Å². The summed E-state index contributed by atoms with van der Waals surface area (Å²) in [5, 5.41) is 2.30. The minimum Gasteiger partial charge on any atom is -0.404 e. The van der Waals surface area contributed by atoms with E-state index in [4.69, 9.17) is 5.73 Å². The number of pyridine rings is 1. The molecule has 198 valence electrons. The van der Waals surface area contributed by atoms with Crippen molar-refractivity contribution in [2.75, 3.05) is 0 Å². The summed E-state index contributed by atoms with van der Waals surface area (Å²) in [6.07, 6.45) is 11.4. The van der Waals surface area contributed by atoms with Crippen LogP contribution in [0.4, 0.5) is 0 Å². The number of hydrogen-bond acceptors (Lipinski definition) is 2. The third-order valence-corrected chi connectivity index (χ3v) is 7.57. The summed E-state index contributed by atoms with van der Waals surface area (Å²) in [4.78, 5) is 4.51. The van der Waals surface area contributed by atoms with Crippen LogP contribution in [0.2, 0.25) is 0 Å². The van der Waals surface area contributed by atoms with E-state index in [2.05, 4.69) is 95.5 Å². The number of hydrogen-bond donors (Lipinski definition) is 1. The second kappa shape index (κ2) is 11.0. The molecule has 0 aliphatic rings. The highest BCUT2D eigenvalue weighted by atomic mass is 15.0. The van der Waals surface area contributed by atoms with E-state index in [1.165, 1.54) is 0 Å². The fraction of sp³-hybridized carbons (Fsp3) is 0.0263. The molecule has 0 saturated carbocycles. The highest BCUT2D eigenvalue weighted by Crippen LogP contribution is 2.42. The summed E-state index contributed by atoms with van der Waals surface area (Å²) in [6.45, 7) is 10.5. The quantitative estimate of drug-likeness (QED) is 0.209. The van der Waals surface area contributed by atoms with E-state index < -0.39 is 0 Å². The molecule has 0 aliphatic heterocycles. The van der Waals surface area contributed by atoms with Gasteiger partial charge in [0.2, 0.25) is 0 Å². The van der Waals surface area contributed by atoms with Gasteiger partial charge in [-0.2, -0.15) is 0 Å². The van der Waals surface area contributed by atoms with E-state index in [0.717, 1.165) is 72.1 Å². The third-order valence-electron chi connectivity index (χ3n) is 7.57. The van der Waals surface area contributed by atoms with Gasteiger partial charge in [-0.15, -0.1) is 0 Å². The van der Waals surface area contributed by atoms with Crippen LogP contribution in [-0.2, 0) is 0 Å². The summed E-state index contributed by atoms with van der Waals surface area (Å²) in [5.41, 5.74) is 17.7. The molecule has 2 aromatic heterocycles. The second-order valence-electron chi connectivity index (χ2n) is 9.87. The van der Waals surface area contributed by atoms with Gasteiger partial charge in [-0.3, -0.25) is 4.98 Å². The molecule has 3 nitrogen and oxygen atoms in total. The number of nitrogens with two attached hydrogens (primary N) is 1. The van der Waals surface area contributed by atoms with Crippen LogP contribution in [0.3, 0.4) is 0 Å². The fourth-order valence-electron chi connectivity index (χ4n) is 5.71. The molecule has 0 atom stereocenters. The molecular formula is C38H31N3. The number of allylic oxidation sites excluding steroid dienone is 3. The minimum absolute atomic E-state index is 0.953. The lowest BCUT2D eigenvalue weighted by Crippen LogP contribution is -1.96. The zero-order valence-corrected chi connectivity index (χ0v) is 23.1. The first-order valence-electron chi connectivity index (χ1n) is 13.7. The third kappa shape index (κ3) is 4.48. The molecule has 3 heteroatoms. The Kier molecular flexibility index (Phi) is 6.93. The van der Waals surface area contributed by atoms with Gasteiger partial charge < -0.3 is 10.3 Å². The Morgan fingerprint density at radius 1 is 0.780 bits per heavy atom. The van der Waals surface area contributed by atoms with Crippen molar-refractivity contribution in [3.63, 3.8) is 0 Å². The predicted octanol–water partition coefficient (Wildman–Crippen LogP) is 9.67.